The monoisotopic (exact) mass is 289 g/mol. The van der Waals surface area contributed by atoms with Crippen LogP contribution in [-0.4, -0.2) is 0 Å². The summed E-state index contributed by atoms with van der Waals surface area (Å²) in [7, 11) is 0. The van der Waals surface area contributed by atoms with Gasteiger partial charge in [-0.15, -0.1) is 0 Å². The molecule has 22 heavy (non-hydrogen) atoms. The topological polar surface area (TPSA) is 36.9 Å². The molecule has 3 aromatic rings. The van der Waals surface area contributed by atoms with Crippen LogP contribution in [0.2, 0.25) is 0 Å². The molecule has 0 aliphatic heterocycles. The number of nitriles is 1. The van der Waals surface area contributed by atoms with Gasteiger partial charge >= 0.3 is 0 Å². The largest absolute Gasteiger partial charge is 0.457 e. The third-order valence-electron chi connectivity index (χ3n) is 3.25. The summed E-state index contributed by atoms with van der Waals surface area (Å²) in [5, 5.41) is 9.29. The van der Waals surface area contributed by atoms with Crippen LogP contribution in [0.1, 0.15) is 11.3 Å². The molecule has 3 rings (SSSR count). The van der Waals surface area contributed by atoms with E-state index in [0.29, 0.717) is 17.1 Å². The molecule has 0 atom stereocenters. The minimum Gasteiger partial charge on any atom is -0.457 e. The van der Waals surface area contributed by atoms with Gasteiger partial charge < -0.3 is 4.42 Å². The maximum atomic E-state index is 12.9. The van der Waals surface area contributed by atoms with E-state index in [0.717, 1.165) is 11.1 Å². The lowest BCUT2D eigenvalue weighted by Crippen LogP contribution is -1.79. The van der Waals surface area contributed by atoms with Crippen molar-refractivity contribution >= 4 is 11.6 Å². The van der Waals surface area contributed by atoms with Gasteiger partial charge in [0.25, 0.3) is 0 Å². The third kappa shape index (κ3) is 2.97. The normalized spacial score (nSPS) is 11.2. The van der Waals surface area contributed by atoms with E-state index in [-0.39, 0.29) is 5.82 Å². The van der Waals surface area contributed by atoms with E-state index in [4.69, 9.17) is 4.42 Å². The van der Waals surface area contributed by atoms with Gasteiger partial charge in [-0.25, -0.2) is 4.39 Å². The van der Waals surface area contributed by atoms with Crippen LogP contribution < -0.4 is 0 Å². The highest BCUT2D eigenvalue weighted by molar-refractivity contribution is 5.88. The van der Waals surface area contributed by atoms with Crippen molar-refractivity contribution in [3.05, 3.63) is 83.9 Å². The summed E-state index contributed by atoms with van der Waals surface area (Å²) in [6.07, 6.45) is 1.70. The SMILES string of the molecule is N#C/C(=C\c1ccc(-c2ccc(F)cc2)o1)c1ccccc1. The maximum absolute atomic E-state index is 12.9. The average Bonchev–Trinajstić information content (AvgIpc) is 3.03. The van der Waals surface area contributed by atoms with Gasteiger partial charge in [-0.3, -0.25) is 0 Å². The molecule has 0 unspecified atom stereocenters. The second-order valence-corrected chi connectivity index (χ2v) is 4.74. The summed E-state index contributed by atoms with van der Waals surface area (Å²) in [4.78, 5) is 0. The molecule has 2 aromatic carbocycles. The lowest BCUT2D eigenvalue weighted by molar-refractivity contribution is 0.571. The van der Waals surface area contributed by atoms with Crippen molar-refractivity contribution in [3.63, 3.8) is 0 Å². The van der Waals surface area contributed by atoms with Crippen molar-refractivity contribution in [3.8, 4) is 17.4 Å². The van der Waals surface area contributed by atoms with Gasteiger partial charge in [0.15, 0.2) is 0 Å². The van der Waals surface area contributed by atoms with E-state index in [2.05, 4.69) is 6.07 Å². The molecular formula is C19H12FNO. The van der Waals surface area contributed by atoms with E-state index in [1.807, 2.05) is 30.3 Å². The summed E-state index contributed by atoms with van der Waals surface area (Å²) >= 11 is 0. The van der Waals surface area contributed by atoms with E-state index in [1.54, 1.807) is 30.3 Å². The molecule has 106 valence electrons. The number of halogens is 1. The lowest BCUT2D eigenvalue weighted by atomic mass is 10.1. The fourth-order valence-corrected chi connectivity index (χ4v) is 2.14. The lowest BCUT2D eigenvalue weighted by Gasteiger charge is -1.98. The molecule has 0 radical (unpaired) electrons. The number of nitrogens with zero attached hydrogens (tertiary/aromatic N) is 1. The maximum Gasteiger partial charge on any atom is 0.134 e. The Balaban J connectivity index is 1.92. The summed E-state index contributed by atoms with van der Waals surface area (Å²) in [6, 6.07) is 21.3. The molecule has 0 saturated carbocycles. The standard InChI is InChI=1S/C19H12FNO/c20-17-8-6-15(7-9-17)19-11-10-18(22-19)12-16(13-21)14-4-2-1-3-5-14/h1-12H/b16-12+. The Kier molecular flexibility index (Phi) is 3.84. The van der Waals surface area contributed by atoms with Crippen LogP contribution >= 0.6 is 0 Å². The van der Waals surface area contributed by atoms with E-state index in [1.165, 1.54) is 12.1 Å². The van der Waals surface area contributed by atoms with Gasteiger partial charge in [0, 0.05) is 5.56 Å². The molecule has 2 nitrogen and oxygen atoms in total. The number of hydrogen-bond acceptors (Lipinski definition) is 2. The van der Waals surface area contributed by atoms with Gasteiger partial charge in [0.2, 0.25) is 0 Å². The molecule has 0 fully saturated rings. The molecule has 0 amide bonds. The van der Waals surface area contributed by atoms with Crippen LogP contribution in [0, 0.1) is 17.1 Å². The molecule has 3 heteroatoms. The number of benzene rings is 2. The van der Waals surface area contributed by atoms with E-state index < -0.39 is 0 Å². The van der Waals surface area contributed by atoms with Gasteiger partial charge in [-0.05, 0) is 48.0 Å². The highest BCUT2D eigenvalue weighted by atomic mass is 19.1. The Bertz CT molecular complexity index is 839. The molecule has 0 aliphatic rings. The Morgan fingerprint density at radius 3 is 2.36 bits per heavy atom. The molecule has 0 saturated heterocycles. The molecular weight excluding hydrogens is 277 g/mol. The van der Waals surface area contributed by atoms with Crippen LogP contribution in [0.5, 0.6) is 0 Å². The van der Waals surface area contributed by atoms with E-state index in [9.17, 15) is 9.65 Å². The van der Waals surface area contributed by atoms with Crippen molar-refractivity contribution < 1.29 is 8.81 Å². The molecule has 0 bridgehead atoms. The number of allylic oxidation sites excluding steroid dienone is 1. The average molecular weight is 289 g/mol. The second kappa shape index (κ2) is 6.11. The minimum atomic E-state index is -0.286. The zero-order valence-electron chi connectivity index (χ0n) is 11.7. The highest BCUT2D eigenvalue weighted by Crippen LogP contribution is 2.25. The Labute approximate surface area is 127 Å². The van der Waals surface area contributed by atoms with Gasteiger partial charge in [0.05, 0.1) is 11.6 Å². The quantitative estimate of drug-likeness (QED) is 0.625. The molecule has 0 aliphatic carbocycles. The molecule has 0 N–H and O–H groups in total. The first-order chi connectivity index (χ1) is 10.8. The summed E-state index contributed by atoms with van der Waals surface area (Å²) < 4.78 is 18.7. The molecule has 1 aromatic heterocycles. The Hall–Kier alpha value is -3.12. The molecule has 1 heterocycles. The Morgan fingerprint density at radius 1 is 0.955 bits per heavy atom. The summed E-state index contributed by atoms with van der Waals surface area (Å²) in [6.45, 7) is 0. The number of furan rings is 1. The first-order valence-electron chi connectivity index (χ1n) is 6.79. The first kappa shape index (κ1) is 13.8. The van der Waals surface area contributed by atoms with Crippen molar-refractivity contribution in [1.29, 1.82) is 5.26 Å². The fraction of sp³-hybridized carbons (Fsp3) is 0. The molecule has 0 spiro atoms. The predicted octanol–water partition coefficient (Wildman–Crippen LogP) is 5.15. The zero-order valence-corrected chi connectivity index (χ0v) is 11.7. The van der Waals surface area contributed by atoms with Crippen LogP contribution in [0.15, 0.2) is 71.1 Å². The van der Waals surface area contributed by atoms with Crippen molar-refractivity contribution in [2.45, 2.75) is 0 Å². The van der Waals surface area contributed by atoms with Crippen molar-refractivity contribution in [1.82, 2.24) is 0 Å². The zero-order chi connectivity index (χ0) is 15.4. The van der Waals surface area contributed by atoms with Crippen LogP contribution in [0.3, 0.4) is 0 Å². The number of hydrogen-bond donors (Lipinski definition) is 0. The first-order valence-corrected chi connectivity index (χ1v) is 6.79. The summed E-state index contributed by atoms with van der Waals surface area (Å²) in [5.41, 5.74) is 2.16. The number of rotatable bonds is 3. The van der Waals surface area contributed by atoms with Gasteiger partial charge in [0.1, 0.15) is 17.3 Å². The minimum absolute atomic E-state index is 0.286. The van der Waals surface area contributed by atoms with Crippen LogP contribution in [-0.2, 0) is 0 Å². The third-order valence-corrected chi connectivity index (χ3v) is 3.25. The van der Waals surface area contributed by atoms with Crippen molar-refractivity contribution in [2.75, 3.05) is 0 Å². The highest BCUT2D eigenvalue weighted by Gasteiger charge is 2.06. The Morgan fingerprint density at radius 2 is 1.68 bits per heavy atom. The second-order valence-electron chi connectivity index (χ2n) is 4.74. The van der Waals surface area contributed by atoms with Crippen LogP contribution in [0.4, 0.5) is 4.39 Å². The predicted molar refractivity (Wildman–Crippen MR) is 84.0 cm³/mol. The fourth-order valence-electron chi connectivity index (χ4n) is 2.14. The van der Waals surface area contributed by atoms with E-state index >= 15 is 0 Å². The van der Waals surface area contributed by atoms with Gasteiger partial charge in [-0.1, -0.05) is 30.3 Å². The summed E-state index contributed by atoms with van der Waals surface area (Å²) in [5.74, 6) is 0.933. The van der Waals surface area contributed by atoms with Crippen LogP contribution in [0.25, 0.3) is 23.0 Å². The smallest absolute Gasteiger partial charge is 0.134 e. The van der Waals surface area contributed by atoms with Gasteiger partial charge in [-0.2, -0.15) is 5.26 Å². The van der Waals surface area contributed by atoms with Crippen molar-refractivity contribution in [2.24, 2.45) is 0 Å².